The molecule has 3 aromatic rings. The fraction of sp³-hybridized carbons (Fsp3) is 0.214. The topological polar surface area (TPSA) is 89.8 Å². The number of aromatic nitrogens is 4. The molecule has 3 rings (SSSR count). The fourth-order valence-electron chi connectivity index (χ4n) is 2.01. The molecular weight excluding hydrogens is 302 g/mol. The Morgan fingerprint density at radius 3 is 2.91 bits per heavy atom. The lowest BCUT2D eigenvalue weighted by molar-refractivity contribution is 0.0952. The Labute approximate surface area is 129 Å². The first-order valence-electron chi connectivity index (χ1n) is 6.69. The number of hydrogen-bond donors (Lipinski definition) is 1. The van der Waals surface area contributed by atoms with Crippen LogP contribution in [0.3, 0.4) is 0 Å². The summed E-state index contributed by atoms with van der Waals surface area (Å²) in [4.78, 5) is 23.7. The summed E-state index contributed by atoms with van der Waals surface area (Å²) < 4.78 is 9.53. The Kier molecular flexibility index (Phi) is 3.92. The van der Waals surface area contributed by atoms with E-state index in [4.69, 9.17) is 0 Å². The SMILES string of the molecule is Cc1ccc(=O)n(CCNC(=O)c2ccc3nsnc3c2)n1. The fourth-order valence-corrected chi connectivity index (χ4v) is 2.53. The number of benzene rings is 1. The van der Waals surface area contributed by atoms with Crippen LogP contribution in [-0.2, 0) is 6.54 Å². The van der Waals surface area contributed by atoms with Gasteiger partial charge in [-0.15, -0.1) is 0 Å². The molecule has 0 unspecified atom stereocenters. The van der Waals surface area contributed by atoms with Crippen molar-refractivity contribution in [3.8, 4) is 0 Å². The van der Waals surface area contributed by atoms with Gasteiger partial charge >= 0.3 is 0 Å². The minimum absolute atomic E-state index is 0.185. The minimum Gasteiger partial charge on any atom is -0.350 e. The van der Waals surface area contributed by atoms with E-state index in [1.54, 1.807) is 24.3 Å². The van der Waals surface area contributed by atoms with E-state index in [1.165, 1.54) is 10.7 Å². The average Bonchev–Trinajstić information content (AvgIpc) is 2.98. The molecule has 7 nitrogen and oxygen atoms in total. The molecule has 0 saturated heterocycles. The van der Waals surface area contributed by atoms with Crippen LogP contribution in [-0.4, -0.2) is 31.0 Å². The Bertz CT molecular complexity index is 886. The molecule has 0 atom stereocenters. The number of hydrogen-bond acceptors (Lipinski definition) is 6. The summed E-state index contributed by atoms with van der Waals surface area (Å²) >= 11 is 1.11. The molecule has 0 aliphatic carbocycles. The van der Waals surface area contributed by atoms with Crippen molar-refractivity contribution in [1.29, 1.82) is 0 Å². The van der Waals surface area contributed by atoms with Crippen molar-refractivity contribution >= 4 is 28.7 Å². The van der Waals surface area contributed by atoms with E-state index in [-0.39, 0.29) is 11.5 Å². The molecule has 2 heterocycles. The maximum atomic E-state index is 12.1. The second kappa shape index (κ2) is 6.02. The zero-order chi connectivity index (χ0) is 15.5. The van der Waals surface area contributed by atoms with E-state index in [0.717, 1.165) is 22.9 Å². The maximum absolute atomic E-state index is 12.1. The number of rotatable bonds is 4. The summed E-state index contributed by atoms with van der Waals surface area (Å²) in [5.41, 5.74) is 2.57. The predicted molar refractivity (Wildman–Crippen MR) is 83.0 cm³/mol. The molecule has 0 aliphatic heterocycles. The highest BCUT2D eigenvalue weighted by molar-refractivity contribution is 7.00. The van der Waals surface area contributed by atoms with Crippen LogP contribution >= 0.6 is 11.7 Å². The molecule has 112 valence electrons. The van der Waals surface area contributed by atoms with Crippen LogP contribution < -0.4 is 10.9 Å². The normalized spacial score (nSPS) is 10.8. The quantitative estimate of drug-likeness (QED) is 0.775. The van der Waals surface area contributed by atoms with Crippen molar-refractivity contribution in [3.63, 3.8) is 0 Å². The lowest BCUT2D eigenvalue weighted by Crippen LogP contribution is -2.32. The van der Waals surface area contributed by atoms with Crippen LogP contribution in [0.1, 0.15) is 16.1 Å². The van der Waals surface area contributed by atoms with E-state index in [1.807, 2.05) is 6.92 Å². The second-order valence-electron chi connectivity index (χ2n) is 4.76. The number of nitrogens with one attached hydrogen (secondary N) is 1. The average molecular weight is 315 g/mol. The van der Waals surface area contributed by atoms with Gasteiger partial charge in [-0.05, 0) is 31.2 Å². The molecule has 0 aliphatic rings. The third-order valence-electron chi connectivity index (χ3n) is 3.13. The van der Waals surface area contributed by atoms with Crippen molar-refractivity contribution in [2.24, 2.45) is 0 Å². The van der Waals surface area contributed by atoms with Gasteiger partial charge < -0.3 is 5.32 Å². The molecule has 1 aromatic carbocycles. The van der Waals surface area contributed by atoms with Gasteiger partial charge in [0.2, 0.25) is 0 Å². The van der Waals surface area contributed by atoms with Crippen LogP contribution in [0.2, 0.25) is 0 Å². The van der Waals surface area contributed by atoms with Gasteiger partial charge in [-0.1, -0.05) is 0 Å². The van der Waals surface area contributed by atoms with Crippen molar-refractivity contribution in [3.05, 3.63) is 51.9 Å². The molecule has 1 amide bonds. The Morgan fingerprint density at radius 1 is 1.23 bits per heavy atom. The predicted octanol–water partition coefficient (Wildman–Crippen LogP) is 0.986. The van der Waals surface area contributed by atoms with E-state index in [0.29, 0.717) is 24.2 Å². The van der Waals surface area contributed by atoms with Crippen LogP contribution in [0.5, 0.6) is 0 Å². The molecule has 0 saturated carbocycles. The molecule has 8 heteroatoms. The summed E-state index contributed by atoms with van der Waals surface area (Å²) in [6, 6.07) is 8.30. The largest absolute Gasteiger partial charge is 0.350 e. The van der Waals surface area contributed by atoms with E-state index in [2.05, 4.69) is 19.2 Å². The minimum atomic E-state index is -0.212. The Balaban J connectivity index is 1.64. The second-order valence-corrected chi connectivity index (χ2v) is 5.29. The summed E-state index contributed by atoms with van der Waals surface area (Å²) in [5.74, 6) is -0.212. The number of nitrogens with zero attached hydrogens (tertiary/aromatic N) is 4. The zero-order valence-electron chi connectivity index (χ0n) is 11.8. The van der Waals surface area contributed by atoms with Gasteiger partial charge in [0.1, 0.15) is 11.0 Å². The lowest BCUT2D eigenvalue weighted by Gasteiger charge is -2.07. The first-order chi connectivity index (χ1) is 10.6. The number of amides is 1. The van der Waals surface area contributed by atoms with Crippen LogP contribution in [0.25, 0.3) is 11.0 Å². The van der Waals surface area contributed by atoms with E-state index in [9.17, 15) is 9.59 Å². The van der Waals surface area contributed by atoms with E-state index < -0.39 is 0 Å². The van der Waals surface area contributed by atoms with Crippen molar-refractivity contribution in [2.45, 2.75) is 13.5 Å². The summed E-state index contributed by atoms with van der Waals surface area (Å²) in [7, 11) is 0. The van der Waals surface area contributed by atoms with Gasteiger partial charge in [0.15, 0.2) is 0 Å². The zero-order valence-corrected chi connectivity index (χ0v) is 12.6. The van der Waals surface area contributed by atoms with Gasteiger partial charge in [0.05, 0.1) is 24.0 Å². The van der Waals surface area contributed by atoms with Crippen molar-refractivity contribution in [2.75, 3.05) is 6.54 Å². The van der Waals surface area contributed by atoms with Crippen LogP contribution in [0, 0.1) is 6.92 Å². The Morgan fingerprint density at radius 2 is 2.05 bits per heavy atom. The lowest BCUT2D eigenvalue weighted by atomic mass is 10.2. The van der Waals surface area contributed by atoms with Crippen molar-refractivity contribution in [1.82, 2.24) is 23.8 Å². The molecular formula is C14H13N5O2S. The molecule has 0 radical (unpaired) electrons. The van der Waals surface area contributed by atoms with Gasteiger partial charge in [-0.3, -0.25) is 9.59 Å². The molecule has 1 N–H and O–H groups in total. The van der Waals surface area contributed by atoms with Gasteiger partial charge in [-0.2, -0.15) is 13.8 Å². The van der Waals surface area contributed by atoms with Gasteiger partial charge in [0, 0.05) is 18.2 Å². The van der Waals surface area contributed by atoms with Gasteiger partial charge in [-0.25, -0.2) is 4.68 Å². The molecule has 0 fully saturated rings. The summed E-state index contributed by atoms with van der Waals surface area (Å²) in [6.07, 6.45) is 0. The van der Waals surface area contributed by atoms with Gasteiger partial charge in [0.25, 0.3) is 11.5 Å². The Hall–Kier alpha value is -2.61. The maximum Gasteiger partial charge on any atom is 0.266 e. The number of carbonyl (C=O) groups is 1. The first-order valence-corrected chi connectivity index (χ1v) is 7.42. The standard InChI is InChI=1S/C14H13N5O2S/c1-9-2-5-13(20)19(16-9)7-6-15-14(21)10-3-4-11-12(8-10)18-22-17-11/h2-5,8H,6-7H2,1H3,(H,15,21). The van der Waals surface area contributed by atoms with Crippen molar-refractivity contribution < 1.29 is 4.79 Å². The van der Waals surface area contributed by atoms with Crippen LogP contribution in [0.15, 0.2) is 35.1 Å². The number of aryl methyl sites for hydroxylation is 1. The molecule has 0 spiro atoms. The highest BCUT2D eigenvalue weighted by atomic mass is 32.1. The number of carbonyl (C=O) groups excluding carboxylic acids is 1. The van der Waals surface area contributed by atoms with Crippen LogP contribution in [0.4, 0.5) is 0 Å². The molecule has 22 heavy (non-hydrogen) atoms. The van der Waals surface area contributed by atoms with E-state index >= 15 is 0 Å². The number of fused-ring (bicyclic) bond motifs is 1. The summed E-state index contributed by atoms with van der Waals surface area (Å²) in [6.45, 7) is 2.46. The molecule has 0 bridgehead atoms. The highest BCUT2D eigenvalue weighted by Crippen LogP contribution is 2.13. The summed E-state index contributed by atoms with van der Waals surface area (Å²) in [5, 5.41) is 6.88. The monoisotopic (exact) mass is 315 g/mol. The third kappa shape index (κ3) is 3.01. The smallest absolute Gasteiger partial charge is 0.266 e. The molecule has 2 aromatic heterocycles. The third-order valence-corrected chi connectivity index (χ3v) is 3.68. The first kappa shape index (κ1) is 14.3. The highest BCUT2D eigenvalue weighted by Gasteiger charge is 2.08.